The van der Waals surface area contributed by atoms with Crippen LogP contribution in [0.25, 0.3) is 0 Å². The highest BCUT2D eigenvalue weighted by molar-refractivity contribution is 9.10. The Hall–Kier alpha value is -2.13. The molecule has 1 atom stereocenters. The van der Waals surface area contributed by atoms with Gasteiger partial charge >= 0.3 is 6.03 Å². The fraction of sp³-hybridized carbons (Fsp3) is 0.591. The molecule has 0 aliphatic carbocycles. The van der Waals surface area contributed by atoms with Gasteiger partial charge in [0.05, 0.1) is 6.54 Å². The maximum atomic E-state index is 12.4. The van der Waals surface area contributed by atoms with Gasteiger partial charge in [-0.3, -0.25) is 9.59 Å². The van der Waals surface area contributed by atoms with E-state index in [0.29, 0.717) is 31.4 Å². The molecule has 0 radical (unpaired) electrons. The molecule has 2 N–H and O–H groups in total. The summed E-state index contributed by atoms with van der Waals surface area (Å²) >= 11 is 3.35. The number of piperazine rings is 1. The summed E-state index contributed by atoms with van der Waals surface area (Å²) in [5.74, 6) is -0.359. The predicted molar refractivity (Wildman–Crippen MR) is 124 cm³/mol. The van der Waals surface area contributed by atoms with Gasteiger partial charge in [-0.05, 0) is 57.0 Å². The van der Waals surface area contributed by atoms with E-state index in [-0.39, 0.29) is 30.9 Å². The number of amides is 4. The molecular weight excluding hydrogens is 462 g/mol. The second-order valence-corrected chi connectivity index (χ2v) is 9.17. The van der Waals surface area contributed by atoms with Crippen molar-refractivity contribution in [2.45, 2.75) is 38.6 Å². The Labute approximate surface area is 192 Å². The molecule has 1 aromatic rings. The van der Waals surface area contributed by atoms with Crippen molar-refractivity contribution < 1.29 is 14.4 Å². The van der Waals surface area contributed by atoms with Crippen molar-refractivity contribution in [1.82, 2.24) is 20.0 Å². The number of hydrogen-bond acceptors (Lipinski definition) is 4. The maximum absolute atomic E-state index is 12.4. The maximum Gasteiger partial charge on any atom is 0.322 e. The van der Waals surface area contributed by atoms with Gasteiger partial charge in [0.15, 0.2) is 0 Å². The van der Waals surface area contributed by atoms with Gasteiger partial charge in [0.2, 0.25) is 11.8 Å². The molecule has 170 valence electrons. The minimum Gasteiger partial charge on any atom is -0.355 e. The molecule has 0 saturated carbocycles. The molecule has 8 nitrogen and oxygen atoms in total. The van der Waals surface area contributed by atoms with Gasteiger partial charge in [0, 0.05) is 42.4 Å². The van der Waals surface area contributed by atoms with Gasteiger partial charge in [-0.2, -0.15) is 0 Å². The van der Waals surface area contributed by atoms with E-state index >= 15 is 0 Å². The van der Waals surface area contributed by atoms with E-state index in [1.807, 2.05) is 12.1 Å². The Morgan fingerprint density at radius 3 is 2.61 bits per heavy atom. The van der Waals surface area contributed by atoms with E-state index < -0.39 is 0 Å². The van der Waals surface area contributed by atoms with Gasteiger partial charge in [-0.25, -0.2) is 4.79 Å². The Morgan fingerprint density at radius 2 is 1.90 bits per heavy atom. The minimum absolute atomic E-state index is 0.0253. The lowest BCUT2D eigenvalue weighted by molar-refractivity contribution is -0.139. The molecule has 2 aliphatic rings. The zero-order valence-corrected chi connectivity index (χ0v) is 19.7. The van der Waals surface area contributed by atoms with E-state index in [0.717, 1.165) is 24.0 Å². The molecule has 9 heteroatoms. The van der Waals surface area contributed by atoms with E-state index in [2.05, 4.69) is 38.4 Å². The van der Waals surface area contributed by atoms with Gasteiger partial charge in [0.1, 0.15) is 6.54 Å². The summed E-state index contributed by atoms with van der Waals surface area (Å²) in [5.41, 5.74) is 0.668. The molecule has 2 saturated heterocycles. The zero-order chi connectivity index (χ0) is 22.2. The Kier molecular flexibility index (Phi) is 8.71. The SMILES string of the molecule is CC1CCCCN1CCCNC(=O)CN1CCN(C(=O)Nc2ccc(Br)cc2)CC1=O. The number of rotatable bonds is 7. The summed E-state index contributed by atoms with van der Waals surface area (Å²) in [6.45, 7) is 5.78. The molecule has 2 heterocycles. The first-order valence-electron chi connectivity index (χ1n) is 11.0. The molecule has 1 unspecified atom stereocenters. The molecule has 1 aromatic carbocycles. The molecule has 2 fully saturated rings. The lowest BCUT2D eigenvalue weighted by Crippen LogP contribution is -2.55. The molecule has 0 spiro atoms. The van der Waals surface area contributed by atoms with Gasteiger partial charge in [-0.1, -0.05) is 22.4 Å². The van der Waals surface area contributed by atoms with Crippen molar-refractivity contribution in [3.05, 3.63) is 28.7 Å². The van der Waals surface area contributed by atoms with Crippen molar-refractivity contribution in [3.8, 4) is 0 Å². The number of carbonyl (C=O) groups is 3. The molecule has 31 heavy (non-hydrogen) atoms. The normalized spacial score (nSPS) is 19.9. The van der Waals surface area contributed by atoms with Crippen LogP contribution in [0.4, 0.5) is 10.5 Å². The van der Waals surface area contributed by atoms with Crippen LogP contribution >= 0.6 is 15.9 Å². The molecule has 0 bridgehead atoms. The highest BCUT2D eigenvalue weighted by atomic mass is 79.9. The highest BCUT2D eigenvalue weighted by Crippen LogP contribution is 2.16. The van der Waals surface area contributed by atoms with Crippen molar-refractivity contribution >= 4 is 39.5 Å². The third-order valence-electron chi connectivity index (χ3n) is 5.92. The number of urea groups is 1. The van der Waals surface area contributed by atoms with Crippen molar-refractivity contribution in [3.63, 3.8) is 0 Å². The van der Waals surface area contributed by atoms with Gasteiger partial charge in [0.25, 0.3) is 0 Å². The van der Waals surface area contributed by atoms with Crippen LogP contribution in [0.2, 0.25) is 0 Å². The van der Waals surface area contributed by atoms with E-state index in [9.17, 15) is 14.4 Å². The first kappa shape index (κ1) is 23.5. The number of carbonyl (C=O) groups excluding carboxylic acids is 3. The summed E-state index contributed by atoms with van der Waals surface area (Å²) in [6, 6.07) is 7.56. The van der Waals surface area contributed by atoms with Crippen LogP contribution in [0.15, 0.2) is 28.7 Å². The second kappa shape index (κ2) is 11.5. The second-order valence-electron chi connectivity index (χ2n) is 8.26. The molecular formula is C22H32BrN5O3. The summed E-state index contributed by atoms with van der Waals surface area (Å²) in [5, 5.41) is 5.71. The average Bonchev–Trinajstić information content (AvgIpc) is 2.75. The summed E-state index contributed by atoms with van der Waals surface area (Å²) in [4.78, 5) is 42.5. The number of halogens is 1. The fourth-order valence-electron chi connectivity index (χ4n) is 4.01. The van der Waals surface area contributed by atoms with Gasteiger partial charge < -0.3 is 25.3 Å². The average molecular weight is 494 g/mol. The predicted octanol–water partition coefficient (Wildman–Crippen LogP) is 2.51. The van der Waals surface area contributed by atoms with E-state index in [1.54, 1.807) is 12.1 Å². The van der Waals surface area contributed by atoms with Crippen LogP contribution in [-0.4, -0.2) is 84.4 Å². The summed E-state index contributed by atoms with van der Waals surface area (Å²) < 4.78 is 0.925. The summed E-state index contributed by atoms with van der Waals surface area (Å²) in [7, 11) is 0. The van der Waals surface area contributed by atoms with Crippen LogP contribution < -0.4 is 10.6 Å². The third-order valence-corrected chi connectivity index (χ3v) is 6.45. The quantitative estimate of drug-likeness (QED) is 0.571. The number of nitrogens with zero attached hydrogens (tertiary/aromatic N) is 3. The smallest absolute Gasteiger partial charge is 0.322 e. The lowest BCUT2D eigenvalue weighted by Gasteiger charge is -2.34. The van der Waals surface area contributed by atoms with Crippen LogP contribution in [0, 0.1) is 0 Å². The molecule has 3 rings (SSSR count). The van der Waals surface area contributed by atoms with Crippen LogP contribution in [0.3, 0.4) is 0 Å². The van der Waals surface area contributed by atoms with E-state index in [1.165, 1.54) is 29.1 Å². The number of benzene rings is 1. The number of likely N-dealkylation sites (tertiary alicyclic amines) is 1. The third kappa shape index (κ3) is 7.21. The minimum atomic E-state index is -0.313. The molecule has 4 amide bonds. The first-order valence-corrected chi connectivity index (χ1v) is 11.8. The van der Waals surface area contributed by atoms with E-state index in [4.69, 9.17) is 0 Å². The van der Waals surface area contributed by atoms with Crippen LogP contribution in [0.5, 0.6) is 0 Å². The van der Waals surface area contributed by atoms with Gasteiger partial charge in [-0.15, -0.1) is 0 Å². The number of hydrogen-bond donors (Lipinski definition) is 2. The van der Waals surface area contributed by atoms with Crippen LogP contribution in [0.1, 0.15) is 32.6 Å². The molecule has 0 aromatic heterocycles. The number of nitrogens with one attached hydrogen (secondary N) is 2. The summed E-state index contributed by atoms with van der Waals surface area (Å²) in [6.07, 6.45) is 4.73. The topological polar surface area (TPSA) is 85.0 Å². The first-order chi connectivity index (χ1) is 14.9. The highest BCUT2D eigenvalue weighted by Gasteiger charge is 2.28. The number of piperidine rings is 1. The standard InChI is InChI=1S/C22H32BrN5O3/c1-17-5-2-3-11-26(17)12-4-10-24-20(29)15-27-13-14-28(16-21(27)30)22(31)25-19-8-6-18(23)7-9-19/h6-9,17H,2-5,10-16H2,1H3,(H,24,29)(H,25,31). The zero-order valence-electron chi connectivity index (χ0n) is 18.1. The van der Waals surface area contributed by atoms with Crippen LogP contribution in [-0.2, 0) is 9.59 Å². The monoisotopic (exact) mass is 493 g/mol. The largest absolute Gasteiger partial charge is 0.355 e. The Bertz CT molecular complexity index is 773. The Balaban J connectivity index is 1.34. The van der Waals surface area contributed by atoms with Crippen molar-refractivity contribution in [1.29, 1.82) is 0 Å². The van der Waals surface area contributed by atoms with Crippen molar-refractivity contribution in [2.75, 3.05) is 51.1 Å². The number of anilines is 1. The fourth-order valence-corrected chi connectivity index (χ4v) is 4.28. The molecule has 2 aliphatic heterocycles. The van der Waals surface area contributed by atoms with Crippen molar-refractivity contribution in [2.24, 2.45) is 0 Å². The Morgan fingerprint density at radius 1 is 1.13 bits per heavy atom. The lowest BCUT2D eigenvalue weighted by atomic mass is 10.0.